The van der Waals surface area contributed by atoms with Crippen LogP contribution in [0.1, 0.15) is 20.3 Å². The van der Waals surface area contributed by atoms with E-state index in [1.807, 2.05) is 51.9 Å². The number of amides is 1. The molecule has 6 nitrogen and oxygen atoms in total. The average molecular weight is 423 g/mol. The van der Waals surface area contributed by atoms with Crippen LogP contribution in [0.3, 0.4) is 0 Å². The quantitative estimate of drug-likeness (QED) is 0.623. The fraction of sp³-hybridized carbons (Fsp3) is 0.348. The SMILES string of the molecule is C[C@@H]1C[C@@H](C)CN(C(=O)CSc2nnc(-c3ccccc3O)n2-c2ccccc2)C1. The molecule has 0 spiro atoms. The molecule has 1 amide bonds. The van der Waals surface area contributed by atoms with E-state index in [1.165, 1.54) is 18.2 Å². The molecule has 30 heavy (non-hydrogen) atoms. The molecule has 2 atom stereocenters. The summed E-state index contributed by atoms with van der Waals surface area (Å²) in [5.74, 6) is 2.20. The normalized spacial score (nSPS) is 19.1. The van der Waals surface area contributed by atoms with Gasteiger partial charge in [0, 0.05) is 18.8 Å². The smallest absolute Gasteiger partial charge is 0.233 e. The van der Waals surface area contributed by atoms with Crippen molar-refractivity contribution in [2.75, 3.05) is 18.8 Å². The molecule has 1 saturated heterocycles. The molecule has 7 heteroatoms. The van der Waals surface area contributed by atoms with Crippen molar-refractivity contribution in [2.45, 2.75) is 25.4 Å². The molecule has 0 unspecified atom stereocenters. The minimum Gasteiger partial charge on any atom is -0.507 e. The first-order valence-corrected chi connectivity index (χ1v) is 11.2. The number of nitrogens with zero attached hydrogens (tertiary/aromatic N) is 4. The number of hydrogen-bond donors (Lipinski definition) is 1. The maximum atomic E-state index is 12.8. The number of para-hydroxylation sites is 2. The Kier molecular flexibility index (Phi) is 6.08. The fourth-order valence-electron chi connectivity index (χ4n) is 4.09. The lowest BCUT2D eigenvalue weighted by Gasteiger charge is -2.34. The van der Waals surface area contributed by atoms with Gasteiger partial charge in [0.25, 0.3) is 0 Å². The molecule has 1 aliphatic rings. The minimum absolute atomic E-state index is 0.130. The first-order valence-electron chi connectivity index (χ1n) is 10.2. The molecule has 1 N–H and O–H groups in total. The number of benzene rings is 2. The molecule has 0 aliphatic carbocycles. The van der Waals surface area contributed by atoms with Crippen molar-refractivity contribution in [3.8, 4) is 22.8 Å². The number of carbonyl (C=O) groups is 1. The van der Waals surface area contributed by atoms with E-state index in [0.29, 0.717) is 34.1 Å². The molecule has 0 saturated carbocycles. The molecular formula is C23H26N4O2S. The van der Waals surface area contributed by atoms with Gasteiger partial charge in [-0.3, -0.25) is 9.36 Å². The maximum Gasteiger partial charge on any atom is 0.233 e. The third kappa shape index (κ3) is 4.36. The molecule has 0 bridgehead atoms. The molecule has 1 aliphatic heterocycles. The number of likely N-dealkylation sites (tertiary alicyclic amines) is 1. The van der Waals surface area contributed by atoms with Gasteiger partial charge in [0.2, 0.25) is 5.91 Å². The number of rotatable bonds is 5. The molecular weight excluding hydrogens is 396 g/mol. The first kappa shape index (κ1) is 20.5. The van der Waals surface area contributed by atoms with E-state index in [0.717, 1.165) is 18.8 Å². The van der Waals surface area contributed by atoms with Crippen LogP contribution >= 0.6 is 11.8 Å². The molecule has 0 radical (unpaired) electrons. The second kappa shape index (κ2) is 8.92. The second-order valence-electron chi connectivity index (χ2n) is 8.03. The number of thioether (sulfide) groups is 1. The van der Waals surface area contributed by atoms with E-state index >= 15 is 0 Å². The van der Waals surface area contributed by atoms with Gasteiger partial charge in [0.1, 0.15) is 5.75 Å². The van der Waals surface area contributed by atoms with Crippen molar-refractivity contribution < 1.29 is 9.90 Å². The van der Waals surface area contributed by atoms with Gasteiger partial charge >= 0.3 is 0 Å². The van der Waals surface area contributed by atoms with E-state index in [1.54, 1.807) is 12.1 Å². The molecule has 2 heterocycles. The summed E-state index contributed by atoms with van der Waals surface area (Å²) in [6.45, 7) is 6.04. The number of aromatic nitrogens is 3. The third-order valence-electron chi connectivity index (χ3n) is 5.34. The molecule has 3 aromatic rings. The van der Waals surface area contributed by atoms with Crippen LogP contribution in [-0.4, -0.2) is 49.5 Å². The standard InChI is InChI=1S/C23H26N4O2S/c1-16-12-17(2)14-26(13-16)21(29)15-30-23-25-24-22(19-10-6-7-11-20(19)28)27(23)18-8-4-3-5-9-18/h3-11,16-17,28H,12-15H2,1-2H3/t16-,17-/m1/s1. The highest BCUT2D eigenvalue weighted by Gasteiger charge is 2.26. The Morgan fingerprint density at radius 1 is 1.03 bits per heavy atom. The monoisotopic (exact) mass is 422 g/mol. The highest BCUT2D eigenvalue weighted by Crippen LogP contribution is 2.33. The highest BCUT2D eigenvalue weighted by atomic mass is 32.2. The van der Waals surface area contributed by atoms with Crippen molar-refractivity contribution >= 4 is 17.7 Å². The zero-order chi connectivity index (χ0) is 21.1. The van der Waals surface area contributed by atoms with Gasteiger partial charge in [-0.05, 0) is 42.5 Å². The Bertz CT molecular complexity index is 1010. The summed E-state index contributed by atoms with van der Waals surface area (Å²) in [5.41, 5.74) is 1.49. The van der Waals surface area contributed by atoms with Crippen LogP contribution in [-0.2, 0) is 4.79 Å². The number of carbonyl (C=O) groups excluding carboxylic acids is 1. The van der Waals surface area contributed by atoms with Crippen LogP contribution in [0, 0.1) is 11.8 Å². The molecule has 1 aromatic heterocycles. The Hall–Kier alpha value is -2.80. The Balaban J connectivity index is 1.61. The van der Waals surface area contributed by atoms with E-state index in [2.05, 4.69) is 24.0 Å². The summed E-state index contributed by atoms with van der Waals surface area (Å²) in [6, 6.07) is 16.8. The van der Waals surface area contributed by atoms with Crippen molar-refractivity contribution in [2.24, 2.45) is 11.8 Å². The van der Waals surface area contributed by atoms with Crippen LogP contribution in [0.25, 0.3) is 17.1 Å². The lowest BCUT2D eigenvalue weighted by atomic mass is 9.92. The molecule has 1 fully saturated rings. The Morgan fingerprint density at radius 3 is 2.40 bits per heavy atom. The molecule has 156 valence electrons. The minimum atomic E-state index is 0.130. The van der Waals surface area contributed by atoms with Crippen molar-refractivity contribution in [1.29, 1.82) is 0 Å². The highest BCUT2D eigenvalue weighted by molar-refractivity contribution is 7.99. The fourth-order valence-corrected chi connectivity index (χ4v) is 4.95. The van der Waals surface area contributed by atoms with Gasteiger partial charge in [0.15, 0.2) is 11.0 Å². The number of aromatic hydroxyl groups is 1. The van der Waals surface area contributed by atoms with E-state index < -0.39 is 0 Å². The molecule has 4 rings (SSSR count). The number of hydrogen-bond acceptors (Lipinski definition) is 5. The first-order chi connectivity index (χ1) is 14.5. The zero-order valence-electron chi connectivity index (χ0n) is 17.2. The number of phenolic OH excluding ortho intramolecular Hbond substituents is 1. The van der Waals surface area contributed by atoms with Crippen LogP contribution in [0.4, 0.5) is 0 Å². The van der Waals surface area contributed by atoms with Crippen LogP contribution in [0.2, 0.25) is 0 Å². The van der Waals surface area contributed by atoms with Gasteiger partial charge in [-0.1, -0.05) is 55.9 Å². The Labute approximate surface area is 180 Å². The van der Waals surface area contributed by atoms with Gasteiger partial charge in [-0.15, -0.1) is 10.2 Å². The summed E-state index contributed by atoms with van der Waals surface area (Å²) in [6.07, 6.45) is 1.17. The van der Waals surface area contributed by atoms with E-state index in [-0.39, 0.29) is 11.7 Å². The third-order valence-corrected chi connectivity index (χ3v) is 6.25. The second-order valence-corrected chi connectivity index (χ2v) is 8.97. The van der Waals surface area contributed by atoms with Crippen LogP contribution in [0.15, 0.2) is 59.8 Å². The van der Waals surface area contributed by atoms with E-state index in [9.17, 15) is 9.90 Å². The number of phenols is 1. The van der Waals surface area contributed by atoms with Crippen molar-refractivity contribution in [1.82, 2.24) is 19.7 Å². The Morgan fingerprint density at radius 2 is 1.70 bits per heavy atom. The predicted octanol–water partition coefficient (Wildman–Crippen LogP) is 4.24. The topological polar surface area (TPSA) is 71.2 Å². The molecule has 2 aromatic carbocycles. The van der Waals surface area contributed by atoms with Crippen molar-refractivity contribution in [3.05, 3.63) is 54.6 Å². The van der Waals surface area contributed by atoms with E-state index in [4.69, 9.17) is 0 Å². The summed E-state index contributed by atoms with van der Waals surface area (Å²) in [7, 11) is 0. The summed E-state index contributed by atoms with van der Waals surface area (Å²) in [4.78, 5) is 14.8. The summed E-state index contributed by atoms with van der Waals surface area (Å²) in [5, 5.41) is 19.7. The van der Waals surface area contributed by atoms with Gasteiger partial charge in [0.05, 0.1) is 11.3 Å². The lowest BCUT2D eigenvalue weighted by Crippen LogP contribution is -2.43. The summed E-state index contributed by atoms with van der Waals surface area (Å²) < 4.78 is 1.90. The predicted molar refractivity (Wildman–Crippen MR) is 119 cm³/mol. The van der Waals surface area contributed by atoms with Gasteiger partial charge < -0.3 is 10.0 Å². The number of piperidine rings is 1. The summed E-state index contributed by atoms with van der Waals surface area (Å²) >= 11 is 1.38. The average Bonchev–Trinajstić information content (AvgIpc) is 3.16. The zero-order valence-corrected chi connectivity index (χ0v) is 18.0. The maximum absolute atomic E-state index is 12.8. The van der Waals surface area contributed by atoms with Crippen molar-refractivity contribution in [3.63, 3.8) is 0 Å². The van der Waals surface area contributed by atoms with Crippen LogP contribution < -0.4 is 0 Å². The lowest BCUT2D eigenvalue weighted by molar-refractivity contribution is -0.130. The van der Waals surface area contributed by atoms with Gasteiger partial charge in [-0.2, -0.15) is 0 Å². The van der Waals surface area contributed by atoms with Crippen LogP contribution in [0.5, 0.6) is 5.75 Å². The van der Waals surface area contributed by atoms with Gasteiger partial charge in [-0.25, -0.2) is 0 Å². The largest absolute Gasteiger partial charge is 0.507 e.